The maximum Gasteiger partial charge on any atom is 0.00103 e. The predicted molar refractivity (Wildman–Crippen MR) is 71.8 cm³/mol. The van der Waals surface area contributed by atoms with Crippen LogP contribution in [0.4, 0.5) is 0 Å². The van der Waals surface area contributed by atoms with E-state index in [4.69, 9.17) is 0 Å². The Morgan fingerprint density at radius 3 is 2.31 bits per heavy atom. The number of rotatable bonds is 6. The first kappa shape index (κ1) is 14.0. The van der Waals surface area contributed by atoms with Crippen molar-refractivity contribution in [1.29, 1.82) is 0 Å². The van der Waals surface area contributed by atoms with E-state index in [1.54, 1.807) is 0 Å². The van der Waals surface area contributed by atoms with Crippen molar-refractivity contribution in [3.8, 4) is 0 Å². The second kappa shape index (κ2) is 7.29. The zero-order chi connectivity index (χ0) is 12.0. The van der Waals surface area contributed by atoms with Crippen molar-refractivity contribution in [2.45, 2.75) is 53.0 Å². The summed E-state index contributed by atoms with van der Waals surface area (Å²) >= 11 is 0. The van der Waals surface area contributed by atoms with Gasteiger partial charge in [-0.25, -0.2) is 0 Å². The Kier molecular flexibility index (Phi) is 6.37. The van der Waals surface area contributed by atoms with Gasteiger partial charge in [-0.1, -0.05) is 27.7 Å². The van der Waals surface area contributed by atoms with Gasteiger partial charge in [0.05, 0.1) is 0 Å². The standard InChI is InChI=1S/C14H30N2/c1-12(2)15-7-5-6-8-16-10-13(3)9-14(4)11-16/h12-15H,5-11H2,1-4H3/t13-,14+. The molecule has 1 rings (SSSR count). The van der Waals surface area contributed by atoms with E-state index < -0.39 is 0 Å². The molecular weight excluding hydrogens is 196 g/mol. The second-order valence-corrected chi connectivity index (χ2v) is 6.02. The van der Waals surface area contributed by atoms with Gasteiger partial charge < -0.3 is 10.2 Å². The molecule has 0 spiro atoms. The molecule has 0 aromatic heterocycles. The lowest BCUT2D eigenvalue weighted by molar-refractivity contribution is 0.139. The molecule has 96 valence electrons. The number of nitrogens with one attached hydrogen (secondary N) is 1. The second-order valence-electron chi connectivity index (χ2n) is 6.02. The van der Waals surface area contributed by atoms with Crippen LogP contribution in [-0.4, -0.2) is 37.1 Å². The molecule has 1 aliphatic rings. The van der Waals surface area contributed by atoms with Crippen molar-refractivity contribution in [3.63, 3.8) is 0 Å². The summed E-state index contributed by atoms with van der Waals surface area (Å²) in [5, 5.41) is 3.48. The Morgan fingerprint density at radius 1 is 1.12 bits per heavy atom. The highest BCUT2D eigenvalue weighted by Crippen LogP contribution is 2.20. The SMILES string of the molecule is CC(C)NCCCCN1C[C@H](C)C[C@H](C)C1. The number of piperidine rings is 1. The molecule has 2 atom stereocenters. The summed E-state index contributed by atoms with van der Waals surface area (Å²) in [4.78, 5) is 2.66. The van der Waals surface area contributed by atoms with Gasteiger partial charge in [-0.2, -0.15) is 0 Å². The summed E-state index contributed by atoms with van der Waals surface area (Å²) < 4.78 is 0. The van der Waals surface area contributed by atoms with Crippen molar-refractivity contribution >= 4 is 0 Å². The van der Waals surface area contributed by atoms with Crippen molar-refractivity contribution in [2.75, 3.05) is 26.2 Å². The molecule has 0 aliphatic carbocycles. The highest BCUT2D eigenvalue weighted by molar-refractivity contribution is 4.74. The molecule has 0 radical (unpaired) electrons. The van der Waals surface area contributed by atoms with Gasteiger partial charge in [0, 0.05) is 19.1 Å². The minimum Gasteiger partial charge on any atom is -0.315 e. The quantitative estimate of drug-likeness (QED) is 0.701. The highest BCUT2D eigenvalue weighted by atomic mass is 15.1. The Morgan fingerprint density at radius 2 is 1.75 bits per heavy atom. The number of hydrogen-bond donors (Lipinski definition) is 1. The fraction of sp³-hybridized carbons (Fsp3) is 1.00. The maximum atomic E-state index is 3.48. The van der Waals surface area contributed by atoms with Crippen LogP contribution in [0.5, 0.6) is 0 Å². The molecule has 1 aliphatic heterocycles. The molecule has 1 fully saturated rings. The van der Waals surface area contributed by atoms with Crippen molar-refractivity contribution in [2.24, 2.45) is 11.8 Å². The van der Waals surface area contributed by atoms with E-state index >= 15 is 0 Å². The monoisotopic (exact) mass is 226 g/mol. The van der Waals surface area contributed by atoms with Crippen molar-refractivity contribution in [1.82, 2.24) is 10.2 Å². The fourth-order valence-corrected chi connectivity index (χ4v) is 2.83. The van der Waals surface area contributed by atoms with E-state index in [9.17, 15) is 0 Å². The van der Waals surface area contributed by atoms with Crippen molar-refractivity contribution in [3.05, 3.63) is 0 Å². The van der Waals surface area contributed by atoms with Crippen LogP contribution >= 0.6 is 0 Å². The third kappa shape index (κ3) is 5.86. The van der Waals surface area contributed by atoms with Gasteiger partial charge in [-0.05, 0) is 44.2 Å². The molecular formula is C14H30N2. The fourth-order valence-electron chi connectivity index (χ4n) is 2.83. The van der Waals surface area contributed by atoms with E-state index in [0.717, 1.165) is 11.8 Å². The van der Waals surface area contributed by atoms with E-state index in [1.165, 1.54) is 45.4 Å². The molecule has 0 saturated carbocycles. The van der Waals surface area contributed by atoms with Crippen LogP contribution in [0.3, 0.4) is 0 Å². The van der Waals surface area contributed by atoms with Crippen molar-refractivity contribution < 1.29 is 0 Å². The van der Waals surface area contributed by atoms with Gasteiger partial charge in [0.15, 0.2) is 0 Å². The van der Waals surface area contributed by atoms with E-state index in [0.29, 0.717) is 6.04 Å². The van der Waals surface area contributed by atoms with Gasteiger partial charge >= 0.3 is 0 Å². The highest BCUT2D eigenvalue weighted by Gasteiger charge is 2.20. The van der Waals surface area contributed by atoms with Crippen LogP contribution in [0.15, 0.2) is 0 Å². The first-order chi connectivity index (χ1) is 7.58. The number of unbranched alkanes of at least 4 members (excludes halogenated alkanes) is 1. The Labute approximate surface area is 102 Å². The summed E-state index contributed by atoms with van der Waals surface area (Å²) in [6.45, 7) is 14.3. The first-order valence-electron chi connectivity index (χ1n) is 7.03. The van der Waals surface area contributed by atoms with Crippen LogP contribution in [-0.2, 0) is 0 Å². The van der Waals surface area contributed by atoms with Crippen LogP contribution in [0.2, 0.25) is 0 Å². The molecule has 1 N–H and O–H groups in total. The van der Waals surface area contributed by atoms with Gasteiger partial charge in [0.2, 0.25) is 0 Å². The first-order valence-corrected chi connectivity index (χ1v) is 7.03. The number of hydrogen-bond acceptors (Lipinski definition) is 2. The lowest BCUT2D eigenvalue weighted by Gasteiger charge is -2.35. The Balaban J connectivity index is 2.04. The topological polar surface area (TPSA) is 15.3 Å². The molecule has 16 heavy (non-hydrogen) atoms. The van der Waals surface area contributed by atoms with E-state index in [-0.39, 0.29) is 0 Å². The molecule has 0 amide bonds. The molecule has 2 heteroatoms. The number of nitrogens with zero attached hydrogens (tertiary/aromatic N) is 1. The minimum absolute atomic E-state index is 0.634. The third-order valence-corrected chi connectivity index (χ3v) is 3.40. The normalized spacial score (nSPS) is 27.6. The van der Waals surface area contributed by atoms with Gasteiger partial charge in [-0.3, -0.25) is 0 Å². The zero-order valence-electron chi connectivity index (χ0n) is 11.6. The average Bonchev–Trinajstić information content (AvgIpc) is 2.15. The molecule has 2 nitrogen and oxygen atoms in total. The molecule has 0 aromatic rings. The summed E-state index contributed by atoms with van der Waals surface area (Å²) in [6.07, 6.45) is 4.09. The molecule has 0 unspecified atom stereocenters. The summed E-state index contributed by atoms with van der Waals surface area (Å²) in [7, 11) is 0. The maximum absolute atomic E-state index is 3.48. The third-order valence-electron chi connectivity index (χ3n) is 3.40. The molecule has 0 bridgehead atoms. The summed E-state index contributed by atoms with van der Waals surface area (Å²) in [5.41, 5.74) is 0. The minimum atomic E-state index is 0.634. The van der Waals surface area contributed by atoms with Crippen LogP contribution in [0, 0.1) is 11.8 Å². The smallest absolute Gasteiger partial charge is 0.00103 e. The van der Waals surface area contributed by atoms with Crippen LogP contribution in [0.1, 0.15) is 47.0 Å². The zero-order valence-corrected chi connectivity index (χ0v) is 11.6. The van der Waals surface area contributed by atoms with Crippen LogP contribution < -0.4 is 5.32 Å². The van der Waals surface area contributed by atoms with E-state index in [1.807, 2.05) is 0 Å². The molecule has 1 heterocycles. The number of likely N-dealkylation sites (tertiary alicyclic amines) is 1. The molecule has 0 aromatic carbocycles. The van der Waals surface area contributed by atoms with Gasteiger partial charge in [-0.15, -0.1) is 0 Å². The Hall–Kier alpha value is -0.0800. The van der Waals surface area contributed by atoms with Crippen LogP contribution in [0.25, 0.3) is 0 Å². The summed E-state index contributed by atoms with van der Waals surface area (Å²) in [6, 6.07) is 0.634. The van der Waals surface area contributed by atoms with Gasteiger partial charge in [0.25, 0.3) is 0 Å². The summed E-state index contributed by atoms with van der Waals surface area (Å²) in [5.74, 6) is 1.80. The lowest BCUT2D eigenvalue weighted by Crippen LogP contribution is -2.39. The molecule has 1 saturated heterocycles. The predicted octanol–water partition coefficient (Wildman–Crippen LogP) is 2.74. The lowest BCUT2D eigenvalue weighted by atomic mass is 9.92. The van der Waals surface area contributed by atoms with E-state index in [2.05, 4.69) is 37.9 Å². The Bertz CT molecular complexity index is 170. The average molecular weight is 226 g/mol. The van der Waals surface area contributed by atoms with Gasteiger partial charge in [0.1, 0.15) is 0 Å². The largest absolute Gasteiger partial charge is 0.315 e.